The van der Waals surface area contributed by atoms with Crippen molar-refractivity contribution in [3.05, 3.63) is 12.3 Å². The van der Waals surface area contributed by atoms with Gasteiger partial charge in [-0.3, -0.25) is 0 Å². The fourth-order valence-corrected chi connectivity index (χ4v) is 0.164. The van der Waals surface area contributed by atoms with Gasteiger partial charge in [0.2, 0.25) is 0 Å². The van der Waals surface area contributed by atoms with Gasteiger partial charge in [-0.1, -0.05) is 13.5 Å². The van der Waals surface area contributed by atoms with Crippen LogP contribution in [0.4, 0.5) is 0 Å². The van der Waals surface area contributed by atoms with Crippen LogP contribution in [-0.2, 0) is 4.29 Å². The van der Waals surface area contributed by atoms with Crippen molar-refractivity contribution in [1.29, 1.82) is 0 Å². The molecule has 0 aliphatic heterocycles. The molecule has 0 aromatic rings. The quantitative estimate of drug-likeness (QED) is 0.490. The first-order valence-electron chi connectivity index (χ1n) is 1.77. The van der Waals surface area contributed by atoms with Gasteiger partial charge in [0.15, 0.2) is 0 Å². The van der Waals surface area contributed by atoms with E-state index in [0.717, 1.165) is 6.42 Å². The summed E-state index contributed by atoms with van der Waals surface area (Å²) in [5, 5.41) is 0. The predicted octanol–water partition coefficient (Wildman–Crippen LogP) is 2.08. The van der Waals surface area contributed by atoms with Gasteiger partial charge in [-0.25, -0.2) is 0 Å². The topological polar surface area (TPSA) is 9.23 Å². The third-order valence-corrected chi connectivity index (χ3v) is 0.722. The molecule has 0 amide bonds. The number of hydrogen-bond donors (Lipinski definition) is 0. The molecule has 0 saturated carbocycles. The summed E-state index contributed by atoms with van der Waals surface area (Å²) in [5.41, 5.74) is 0. The third kappa shape index (κ3) is 2.09. The van der Waals surface area contributed by atoms with Gasteiger partial charge in [0.1, 0.15) is 17.6 Å². The van der Waals surface area contributed by atoms with Crippen molar-refractivity contribution in [2.75, 3.05) is 0 Å². The van der Waals surface area contributed by atoms with Crippen LogP contribution < -0.4 is 0 Å². The molecule has 1 nitrogen and oxygen atoms in total. The Balaban J connectivity index is 2.99. The van der Waals surface area contributed by atoms with E-state index in [-0.39, 0.29) is 0 Å². The van der Waals surface area contributed by atoms with Crippen LogP contribution in [0.25, 0.3) is 0 Å². The molecule has 2 heteroatoms. The third-order valence-electron chi connectivity index (χ3n) is 0.503. The monoisotopic (exact) mass is 106 g/mol. The van der Waals surface area contributed by atoms with Crippen molar-refractivity contribution in [2.24, 2.45) is 0 Å². The SMILES string of the molecule is C=C(CC)OCl. The summed E-state index contributed by atoms with van der Waals surface area (Å²) < 4.78 is 4.18. The summed E-state index contributed by atoms with van der Waals surface area (Å²) in [6.07, 6.45) is 0.781. The molecule has 6 heavy (non-hydrogen) atoms. The maximum atomic E-state index is 4.85. The Labute approximate surface area is 42.7 Å². The highest BCUT2D eigenvalue weighted by Crippen LogP contribution is 1.99. The summed E-state index contributed by atoms with van der Waals surface area (Å²) in [5.74, 6) is 0.608. The van der Waals surface area contributed by atoms with Gasteiger partial charge >= 0.3 is 0 Å². The molecular formula is C4H7ClO. The van der Waals surface area contributed by atoms with Crippen molar-refractivity contribution >= 4 is 11.9 Å². The Morgan fingerprint density at radius 3 is 2.50 bits per heavy atom. The minimum Gasteiger partial charge on any atom is -0.391 e. The first kappa shape index (κ1) is 5.83. The van der Waals surface area contributed by atoms with Gasteiger partial charge in [-0.15, -0.1) is 0 Å². The molecule has 0 saturated heterocycles. The van der Waals surface area contributed by atoms with Crippen LogP contribution in [-0.4, -0.2) is 0 Å². The Bertz CT molecular complexity index is 45.5. The van der Waals surface area contributed by atoms with Crippen LogP contribution in [0.15, 0.2) is 12.3 Å². The molecule has 36 valence electrons. The van der Waals surface area contributed by atoms with E-state index in [2.05, 4.69) is 10.9 Å². The van der Waals surface area contributed by atoms with Crippen LogP contribution in [0.1, 0.15) is 13.3 Å². The van der Waals surface area contributed by atoms with E-state index >= 15 is 0 Å². The molecule has 0 unspecified atom stereocenters. The molecule has 0 radical (unpaired) electrons. The fourth-order valence-electron chi connectivity index (χ4n) is 0.0546. The maximum Gasteiger partial charge on any atom is 0.134 e. The highest BCUT2D eigenvalue weighted by Gasteiger charge is 1.81. The zero-order valence-corrected chi connectivity index (χ0v) is 4.46. The minimum absolute atomic E-state index is 0.608. The number of rotatable bonds is 2. The van der Waals surface area contributed by atoms with Crippen molar-refractivity contribution in [1.82, 2.24) is 0 Å². The van der Waals surface area contributed by atoms with Crippen LogP contribution in [0.2, 0.25) is 0 Å². The second kappa shape index (κ2) is 3.04. The maximum absolute atomic E-state index is 4.85. The molecule has 0 atom stereocenters. The molecule has 0 aromatic carbocycles. The van der Waals surface area contributed by atoms with Crippen molar-refractivity contribution < 1.29 is 4.29 Å². The lowest BCUT2D eigenvalue weighted by molar-refractivity contribution is 0.456. The highest BCUT2D eigenvalue weighted by molar-refractivity contribution is 6.08. The summed E-state index contributed by atoms with van der Waals surface area (Å²) >= 11 is 4.85. The average molecular weight is 107 g/mol. The van der Waals surface area contributed by atoms with Gasteiger partial charge in [-0.2, -0.15) is 0 Å². The smallest absolute Gasteiger partial charge is 0.134 e. The molecular weight excluding hydrogens is 99.5 g/mol. The van der Waals surface area contributed by atoms with Crippen molar-refractivity contribution in [3.8, 4) is 0 Å². The molecule has 0 aliphatic carbocycles. The van der Waals surface area contributed by atoms with Gasteiger partial charge in [-0.05, 0) is 0 Å². The summed E-state index contributed by atoms with van der Waals surface area (Å²) in [7, 11) is 0. The van der Waals surface area contributed by atoms with Crippen LogP contribution in [0.5, 0.6) is 0 Å². The first-order chi connectivity index (χ1) is 2.81. The zero-order chi connectivity index (χ0) is 4.99. The molecule has 0 rings (SSSR count). The molecule has 0 aromatic heterocycles. The van der Waals surface area contributed by atoms with Gasteiger partial charge in [0, 0.05) is 6.42 Å². The number of allylic oxidation sites excluding steroid dienone is 1. The summed E-state index contributed by atoms with van der Waals surface area (Å²) in [4.78, 5) is 0. The second-order valence-corrected chi connectivity index (χ2v) is 1.12. The molecule has 0 aliphatic rings. The molecule has 0 bridgehead atoms. The predicted molar refractivity (Wildman–Crippen MR) is 26.4 cm³/mol. The molecule has 0 fully saturated rings. The Morgan fingerprint density at radius 1 is 2.00 bits per heavy atom. The lowest BCUT2D eigenvalue weighted by atomic mass is 10.4. The largest absolute Gasteiger partial charge is 0.391 e. The van der Waals surface area contributed by atoms with Crippen LogP contribution >= 0.6 is 11.9 Å². The molecule has 0 spiro atoms. The van der Waals surface area contributed by atoms with Gasteiger partial charge in [0.25, 0.3) is 0 Å². The van der Waals surface area contributed by atoms with E-state index in [4.69, 9.17) is 11.9 Å². The van der Waals surface area contributed by atoms with Crippen LogP contribution in [0, 0.1) is 0 Å². The van der Waals surface area contributed by atoms with Crippen LogP contribution in [0.3, 0.4) is 0 Å². The lowest BCUT2D eigenvalue weighted by Crippen LogP contribution is -1.70. The normalized spacial score (nSPS) is 7.67. The van der Waals surface area contributed by atoms with Crippen molar-refractivity contribution in [2.45, 2.75) is 13.3 Å². The van der Waals surface area contributed by atoms with E-state index in [9.17, 15) is 0 Å². The average Bonchev–Trinajstić information content (AvgIpc) is 1.65. The minimum atomic E-state index is 0.608. The molecule has 0 heterocycles. The Kier molecular flexibility index (Phi) is 2.95. The van der Waals surface area contributed by atoms with E-state index < -0.39 is 0 Å². The Hall–Kier alpha value is -0.170. The van der Waals surface area contributed by atoms with Crippen molar-refractivity contribution in [3.63, 3.8) is 0 Å². The fraction of sp³-hybridized carbons (Fsp3) is 0.500. The zero-order valence-electron chi connectivity index (χ0n) is 3.70. The lowest BCUT2D eigenvalue weighted by Gasteiger charge is -1.89. The second-order valence-electron chi connectivity index (χ2n) is 0.969. The number of hydrogen-bond acceptors (Lipinski definition) is 1. The Morgan fingerprint density at radius 2 is 2.50 bits per heavy atom. The van der Waals surface area contributed by atoms with E-state index in [0.29, 0.717) is 5.76 Å². The summed E-state index contributed by atoms with van der Waals surface area (Å²) in [6.45, 7) is 5.36. The van der Waals surface area contributed by atoms with E-state index in [1.54, 1.807) is 0 Å². The highest BCUT2D eigenvalue weighted by atomic mass is 35.5. The van der Waals surface area contributed by atoms with Gasteiger partial charge < -0.3 is 4.29 Å². The molecule has 0 N–H and O–H groups in total. The van der Waals surface area contributed by atoms with E-state index in [1.807, 2.05) is 6.92 Å². The summed E-state index contributed by atoms with van der Waals surface area (Å²) in [6, 6.07) is 0. The first-order valence-corrected chi connectivity index (χ1v) is 2.08. The number of halogens is 1. The standard InChI is InChI=1S/C4H7ClO/c1-3-4(2)6-5/h2-3H2,1H3. The van der Waals surface area contributed by atoms with E-state index in [1.165, 1.54) is 0 Å². The van der Waals surface area contributed by atoms with Gasteiger partial charge in [0.05, 0.1) is 0 Å².